The van der Waals surface area contributed by atoms with Crippen molar-refractivity contribution in [1.82, 2.24) is 30.4 Å². The maximum absolute atomic E-state index is 12.5. The fourth-order valence-electron chi connectivity index (χ4n) is 3.38. The zero-order chi connectivity index (χ0) is 25.2. The zero-order valence-electron chi connectivity index (χ0n) is 18.7. The molecule has 0 aliphatic carbocycles. The number of non-ortho nitro benzene ring substituents is 1. The van der Waals surface area contributed by atoms with Crippen molar-refractivity contribution in [3.63, 3.8) is 0 Å². The second-order valence-corrected chi connectivity index (χ2v) is 9.02. The first-order chi connectivity index (χ1) is 17.4. The summed E-state index contributed by atoms with van der Waals surface area (Å²) in [6.45, 7) is 2.25. The molecular formula is C23H17N7O4S2. The summed E-state index contributed by atoms with van der Waals surface area (Å²) in [6, 6.07) is 16.8. The number of amides is 1. The molecule has 5 rings (SSSR count). The second-order valence-electron chi connectivity index (χ2n) is 7.65. The third-order valence-electron chi connectivity index (χ3n) is 5.20. The number of hydrogen-bond acceptors (Lipinski definition) is 9. The van der Waals surface area contributed by atoms with Crippen LogP contribution in [0.3, 0.4) is 0 Å². The SMILES string of the molecule is Cc1nnc2sc(-c3ccc(CNC(=S)NC(=O)c4ccc(-c5cccc([N+](=O)[O-])c5)o4)cc3)nn12. The second kappa shape index (κ2) is 9.64. The molecule has 0 saturated heterocycles. The summed E-state index contributed by atoms with van der Waals surface area (Å²) >= 11 is 6.69. The number of fused-ring (bicyclic) bond motifs is 1. The number of nitrogens with one attached hydrogen (secondary N) is 2. The fourth-order valence-corrected chi connectivity index (χ4v) is 4.43. The monoisotopic (exact) mass is 519 g/mol. The molecular weight excluding hydrogens is 502 g/mol. The van der Waals surface area contributed by atoms with Crippen molar-refractivity contribution in [3.05, 3.63) is 87.9 Å². The number of thiocarbonyl (C=S) groups is 1. The highest BCUT2D eigenvalue weighted by atomic mass is 32.1. The van der Waals surface area contributed by atoms with Crippen molar-refractivity contribution >= 4 is 45.2 Å². The van der Waals surface area contributed by atoms with Crippen LogP contribution in [0.5, 0.6) is 0 Å². The van der Waals surface area contributed by atoms with E-state index in [0.29, 0.717) is 17.9 Å². The van der Waals surface area contributed by atoms with Crippen LogP contribution in [0.2, 0.25) is 0 Å². The Bertz CT molecular complexity index is 1600. The predicted molar refractivity (Wildman–Crippen MR) is 137 cm³/mol. The van der Waals surface area contributed by atoms with Crippen LogP contribution in [0.25, 0.3) is 26.9 Å². The molecule has 2 N–H and O–H groups in total. The summed E-state index contributed by atoms with van der Waals surface area (Å²) < 4.78 is 7.28. The molecule has 0 aliphatic heterocycles. The van der Waals surface area contributed by atoms with Gasteiger partial charge in [0.05, 0.1) is 4.92 Å². The van der Waals surface area contributed by atoms with E-state index in [-0.39, 0.29) is 16.6 Å². The van der Waals surface area contributed by atoms with Crippen molar-refractivity contribution in [3.8, 4) is 21.9 Å². The normalized spacial score (nSPS) is 10.9. The molecule has 11 nitrogen and oxygen atoms in total. The first kappa shape index (κ1) is 23.3. The number of benzene rings is 2. The average molecular weight is 520 g/mol. The van der Waals surface area contributed by atoms with Gasteiger partial charge in [0.2, 0.25) is 4.96 Å². The molecule has 0 bridgehead atoms. The van der Waals surface area contributed by atoms with Gasteiger partial charge in [-0.05, 0) is 36.8 Å². The van der Waals surface area contributed by atoms with E-state index in [2.05, 4.69) is 25.9 Å². The lowest BCUT2D eigenvalue weighted by Crippen LogP contribution is -2.38. The molecule has 5 aromatic rings. The number of nitro groups is 1. The summed E-state index contributed by atoms with van der Waals surface area (Å²) in [5.74, 6) is 0.574. The summed E-state index contributed by atoms with van der Waals surface area (Å²) in [5, 5.41) is 30.1. The number of aryl methyl sites for hydroxylation is 1. The number of rotatable bonds is 6. The van der Waals surface area contributed by atoms with E-state index in [4.69, 9.17) is 16.6 Å². The van der Waals surface area contributed by atoms with Gasteiger partial charge in [-0.2, -0.15) is 9.61 Å². The van der Waals surface area contributed by atoms with Crippen LogP contribution in [0.15, 0.2) is 65.1 Å². The standard InChI is InChI=1S/C23H17N7O4S2/c1-13-26-27-23-29(13)28-21(36-23)15-7-5-14(6-8-15)12-24-22(35)25-20(31)19-10-9-18(34-19)16-3-2-4-17(11-16)30(32)33/h2-11H,12H2,1H3,(H2,24,25,31,35). The number of carbonyl (C=O) groups excluding carboxylic acids is 1. The highest BCUT2D eigenvalue weighted by Crippen LogP contribution is 2.26. The molecule has 0 saturated carbocycles. The number of aromatic nitrogens is 4. The Kier molecular flexibility index (Phi) is 6.23. The average Bonchev–Trinajstić information content (AvgIpc) is 3.61. The quantitative estimate of drug-likeness (QED) is 0.192. The zero-order valence-corrected chi connectivity index (χ0v) is 20.3. The van der Waals surface area contributed by atoms with Gasteiger partial charge < -0.3 is 9.73 Å². The molecule has 0 spiro atoms. The minimum Gasteiger partial charge on any atom is -0.451 e. The third-order valence-corrected chi connectivity index (χ3v) is 6.39. The van der Waals surface area contributed by atoms with Gasteiger partial charge in [0.1, 0.15) is 10.8 Å². The lowest BCUT2D eigenvalue weighted by Gasteiger charge is -2.09. The summed E-state index contributed by atoms with van der Waals surface area (Å²) in [5.41, 5.74) is 2.34. The Morgan fingerprint density at radius 2 is 1.94 bits per heavy atom. The molecule has 3 aromatic heterocycles. The minimum atomic E-state index is -0.530. The Morgan fingerprint density at radius 1 is 1.14 bits per heavy atom. The van der Waals surface area contributed by atoms with Gasteiger partial charge in [0.25, 0.3) is 11.6 Å². The molecule has 13 heteroatoms. The van der Waals surface area contributed by atoms with E-state index in [1.165, 1.54) is 29.5 Å². The van der Waals surface area contributed by atoms with E-state index in [1.54, 1.807) is 22.7 Å². The molecule has 36 heavy (non-hydrogen) atoms. The number of carbonyl (C=O) groups is 1. The van der Waals surface area contributed by atoms with Crippen molar-refractivity contribution < 1.29 is 14.1 Å². The predicted octanol–water partition coefficient (Wildman–Crippen LogP) is 4.13. The van der Waals surface area contributed by atoms with E-state index in [0.717, 1.165) is 26.9 Å². The van der Waals surface area contributed by atoms with Crippen LogP contribution in [-0.2, 0) is 6.54 Å². The van der Waals surface area contributed by atoms with E-state index in [9.17, 15) is 14.9 Å². The van der Waals surface area contributed by atoms with Crippen LogP contribution >= 0.6 is 23.6 Å². The Morgan fingerprint density at radius 3 is 2.69 bits per heavy atom. The first-order valence-electron chi connectivity index (χ1n) is 10.6. The number of nitro benzene ring substituents is 1. The maximum atomic E-state index is 12.5. The van der Waals surface area contributed by atoms with Crippen molar-refractivity contribution in [2.75, 3.05) is 0 Å². The van der Waals surface area contributed by atoms with Crippen molar-refractivity contribution in [1.29, 1.82) is 0 Å². The van der Waals surface area contributed by atoms with Crippen LogP contribution in [0.4, 0.5) is 5.69 Å². The molecule has 0 radical (unpaired) electrons. The van der Waals surface area contributed by atoms with Gasteiger partial charge in [-0.15, -0.1) is 10.2 Å². The largest absolute Gasteiger partial charge is 0.451 e. The summed E-state index contributed by atoms with van der Waals surface area (Å²) in [4.78, 5) is 23.7. The van der Waals surface area contributed by atoms with Gasteiger partial charge in [0.15, 0.2) is 16.7 Å². The highest BCUT2D eigenvalue weighted by Gasteiger charge is 2.16. The highest BCUT2D eigenvalue weighted by molar-refractivity contribution is 7.80. The maximum Gasteiger partial charge on any atom is 0.293 e. The first-order valence-corrected chi connectivity index (χ1v) is 11.8. The third kappa shape index (κ3) is 4.82. The Labute approximate surface area is 212 Å². The number of hydrogen-bond donors (Lipinski definition) is 2. The Balaban J connectivity index is 1.17. The number of nitrogens with zero attached hydrogens (tertiary/aromatic N) is 5. The molecule has 2 aromatic carbocycles. The molecule has 0 fully saturated rings. The van der Waals surface area contributed by atoms with E-state index < -0.39 is 10.8 Å². The van der Waals surface area contributed by atoms with Gasteiger partial charge in [-0.25, -0.2) is 0 Å². The Hall–Kier alpha value is -4.49. The minimum absolute atomic E-state index is 0.0326. The molecule has 1 amide bonds. The fraction of sp³-hybridized carbons (Fsp3) is 0.0870. The lowest BCUT2D eigenvalue weighted by atomic mass is 10.1. The van der Waals surface area contributed by atoms with Crippen molar-refractivity contribution in [2.45, 2.75) is 13.5 Å². The van der Waals surface area contributed by atoms with E-state index >= 15 is 0 Å². The number of furan rings is 1. The van der Waals surface area contributed by atoms with Gasteiger partial charge >= 0.3 is 0 Å². The molecule has 0 aliphatic rings. The van der Waals surface area contributed by atoms with Gasteiger partial charge in [0, 0.05) is 29.8 Å². The molecule has 0 unspecified atom stereocenters. The van der Waals surface area contributed by atoms with Crippen molar-refractivity contribution in [2.24, 2.45) is 0 Å². The van der Waals surface area contributed by atoms with E-state index in [1.807, 2.05) is 31.2 Å². The lowest BCUT2D eigenvalue weighted by molar-refractivity contribution is -0.384. The summed E-state index contributed by atoms with van der Waals surface area (Å²) in [6.07, 6.45) is 0. The molecule has 3 heterocycles. The molecule has 180 valence electrons. The van der Waals surface area contributed by atoms with Gasteiger partial charge in [-0.3, -0.25) is 20.2 Å². The smallest absolute Gasteiger partial charge is 0.293 e. The van der Waals surface area contributed by atoms with Crippen LogP contribution < -0.4 is 10.6 Å². The van der Waals surface area contributed by atoms with Crippen LogP contribution in [-0.4, -0.2) is 35.8 Å². The molecule has 0 atom stereocenters. The van der Waals surface area contributed by atoms with Gasteiger partial charge in [-0.1, -0.05) is 47.7 Å². The van der Waals surface area contributed by atoms with Crippen LogP contribution in [0.1, 0.15) is 21.9 Å². The van der Waals surface area contributed by atoms with Crippen LogP contribution in [0, 0.1) is 17.0 Å². The topological polar surface area (TPSA) is 140 Å². The summed E-state index contributed by atoms with van der Waals surface area (Å²) in [7, 11) is 0.